The van der Waals surface area contributed by atoms with Crippen molar-refractivity contribution in [1.82, 2.24) is 4.57 Å². The van der Waals surface area contributed by atoms with Crippen molar-refractivity contribution in [2.45, 2.75) is 13.8 Å². The second kappa shape index (κ2) is 7.72. The Labute approximate surface area is 174 Å². The van der Waals surface area contributed by atoms with E-state index in [4.69, 9.17) is 25.8 Å². The zero-order valence-corrected chi connectivity index (χ0v) is 17.2. The normalized spacial score (nSPS) is 12.6. The van der Waals surface area contributed by atoms with Crippen LogP contribution in [0.1, 0.15) is 21.7 Å². The molecule has 0 spiro atoms. The molecule has 2 aromatic carbocycles. The van der Waals surface area contributed by atoms with E-state index in [1.807, 2.05) is 48.7 Å². The first kappa shape index (κ1) is 19.2. The predicted molar refractivity (Wildman–Crippen MR) is 112 cm³/mol. The lowest BCUT2D eigenvalue weighted by atomic mass is 10.2. The van der Waals surface area contributed by atoms with Gasteiger partial charge >= 0.3 is 0 Å². The van der Waals surface area contributed by atoms with Gasteiger partial charge in [-0.3, -0.25) is 4.79 Å². The number of halogens is 1. The number of aryl methyl sites for hydroxylation is 1. The number of carbonyl (C=O) groups excluding carboxylic acids is 1. The molecule has 1 aromatic heterocycles. The maximum atomic E-state index is 13.0. The summed E-state index contributed by atoms with van der Waals surface area (Å²) in [6, 6.07) is 12.9. The number of carbonyl (C=O) groups is 1. The fraction of sp³-hybridized carbons (Fsp3) is 0.227. The topological polar surface area (TPSA) is 61.7 Å². The maximum absolute atomic E-state index is 13.0. The van der Waals surface area contributed by atoms with Crippen molar-refractivity contribution in [2.75, 3.05) is 25.6 Å². The second-order valence-corrected chi connectivity index (χ2v) is 7.16. The van der Waals surface area contributed by atoms with Gasteiger partial charge in [0.15, 0.2) is 11.5 Å². The fourth-order valence-corrected chi connectivity index (χ4v) is 3.67. The molecule has 0 radical (unpaired) electrons. The number of nitrogens with one attached hydrogen (secondary N) is 1. The van der Waals surface area contributed by atoms with Gasteiger partial charge in [-0.1, -0.05) is 11.6 Å². The average molecular weight is 413 g/mol. The maximum Gasteiger partial charge on any atom is 0.257 e. The van der Waals surface area contributed by atoms with Crippen LogP contribution in [0, 0.1) is 13.8 Å². The molecule has 0 fully saturated rings. The second-order valence-electron chi connectivity index (χ2n) is 6.75. The van der Waals surface area contributed by atoms with Crippen LogP contribution in [0.25, 0.3) is 5.69 Å². The first-order chi connectivity index (χ1) is 14.0. The predicted octanol–water partition coefficient (Wildman–Crippen LogP) is 4.78. The van der Waals surface area contributed by atoms with Crippen molar-refractivity contribution < 1.29 is 19.0 Å². The van der Waals surface area contributed by atoms with E-state index in [2.05, 4.69) is 5.32 Å². The number of anilines is 1. The van der Waals surface area contributed by atoms with Gasteiger partial charge in [-0.15, -0.1) is 0 Å². The molecule has 0 aliphatic carbocycles. The Morgan fingerprint density at radius 3 is 2.38 bits per heavy atom. The van der Waals surface area contributed by atoms with Crippen LogP contribution < -0.4 is 19.5 Å². The first-order valence-corrected chi connectivity index (χ1v) is 9.59. The lowest BCUT2D eigenvalue weighted by Gasteiger charge is -2.20. The minimum absolute atomic E-state index is 0.239. The molecule has 1 aliphatic rings. The molecule has 2 heterocycles. The smallest absolute Gasteiger partial charge is 0.257 e. The van der Waals surface area contributed by atoms with Gasteiger partial charge in [0.25, 0.3) is 5.91 Å². The summed E-state index contributed by atoms with van der Waals surface area (Å²) in [5.74, 6) is 1.69. The van der Waals surface area contributed by atoms with Crippen molar-refractivity contribution >= 4 is 23.2 Å². The summed E-state index contributed by atoms with van der Waals surface area (Å²) in [6.45, 7) is 4.82. The highest BCUT2D eigenvalue weighted by Gasteiger charge is 2.20. The molecule has 29 heavy (non-hydrogen) atoms. The molecule has 4 rings (SSSR count). The molecule has 0 unspecified atom stereocenters. The van der Waals surface area contributed by atoms with E-state index in [1.54, 1.807) is 19.2 Å². The summed E-state index contributed by atoms with van der Waals surface area (Å²) in [7, 11) is 1.63. The Bertz CT molecular complexity index is 1070. The summed E-state index contributed by atoms with van der Waals surface area (Å²) < 4.78 is 18.3. The van der Waals surface area contributed by atoms with Crippen LogP contribution in [0.5, 0.6) is 17.2 Å². The zero-order valence-electron chi connectivity index (χ0n) is 16.4. The molecule has 1 amide bonds. The third-order valence-electron chi connectivity index (χ3n) is 4.89. The number of hydrogen-bond acceptors (Lipinski definition) is 4. The number of ether oxygens (including phenoxy) is 3. The van der Waals surface area contributed by atoms with Crippen molar-refractivity contribution in [1.29, 1.82) is 0 Å². The quantitative estimate of drug-likeness (QED) is 0.669. The molecule has 1 N–H and O–H groups in total. The molecule has 0 bridgehead atoms. The molecule has 6 nitrogen and oxygen atoms in total. The van der Waals surface area contributed by atoms with E-state index >= 15 is 0 Å². The minimum Gasteiger partial charge on any atom is -0.497 e. The van der Waals surface area contributed by atoms with E-state index in [1.165, 1.54) is 0 Å². The fourth-order valence-electron chi connectivity index (χ4n) is 3.47. The van der Waals surface area contributed by atoms with Gasteiger partial charge in [0.1, 0.15) is 19.0 Å². The number of amides is 1. The number of hydrogen-bond donors (Lipinski definition) is 1. The Morgan fingerprint density at radius 1 is 1.07 bits per heavy atom. The van der Waals surface area contributed by atoms with Gasteiger partial charge < -0.3 is 24.1 Å². The van der Waals surface area contributed by atoms with Gasteiger partial charge in [-0.2, -0.15) is 0 Å². The van der Waals surface area contributed by atoms with Gasteiger partial charge in [-0.05, 0) is 44.2 Å². The van der Waals surface area contributed by atoms with E-state index < -0.39 is 0 Å². The number of methoxy groups -OCH3 is 1. The number of nitrogens with zero attached hydrogens (tertiary/aromatic N) is 1. The van der Waals surface area contributed by atoms with E-state index in [0.29, 0.717) is 41.0 Å². The summed E-state index contributed by atoms with van der Waals surface area (Å²) in [5.41, 5.74) is 3.79. The molecular formula is C22H21ClN2O4. The van der Waals surface area contributed by atoms with Crippen molar-refractivity contribution in [3.63, 3.8) is 0 Å². The van der Waals surface area contributed by atoms with Gasteiger partial charge in [-0.25, -0.2) is 0 Å². The van der Waals surface area contributed by atoms with Gasteiger partial charge in [0.05, 0.1) is 23.4 Å². The van der Waals surface area contributed by atoms with E-state index in [0.717, 1.165) is 22.8 Å². The molecule has 150 valence electrons. The number of fused-ring (bicyclic) bond motifs is 1. The first-order valence-electron chi connectivity index (χ1n) is 9.22. The summed E-state index contributed by atoms with van der Waals surface area (Å²) in [5, 5.41) is 3.28. The Hall–Kier alpha value is -3.12. The van der Waals surface area contributed by atoms with E-state index in [-0.39, 0.29) is 5.91 Å². The van der Waals surface area contributed by atoms with Crippen LogP contribution in [-0.4, -0.2) is 30.8 Å². The van der Waals surface area contributed by atoms with Gasteiger partial charge in [0.2, 0.25) is 0 Å². The lowest BCUT2D eigenvalue weighted by Crippen LogP contribution is -2.17. The molecule has 7 heteroatoms. The molecular weight excluding hydrogens is 392 g/mol. The van der Waals surface area contributed by atoms with Crippen molar-refractivity contribution in [3.8, 4) is 22.9 Å². The largest absolute Gasteiger partial charge is 0.497 e. The third-order valence-corrected chi connectivity index (χ3v) is 5.20. The van der Waals surface area contributed by atoms with Crippen LogP contribution in [0.3, 0.4) is 0 Å². The number of benzene rings is 2. The highest BCUT2D eigenvalue weighted by Crippen LogP contribution is 2.38. The SMILES string of the molecule is COc1ccc(-n2c(C)cc(C(=O)Nc3cc4c(cc3Cl)OCCO4)c2C)cc1. The molecule has 0 atom stereocenters. The third kappa shape index (κ3) is 3.63. The zero-order chi connectivity index (χ0) is 20.5. The van der Waals surface area contributed by atoms with Gasteiger partial charge in [0, 0.05) is 29.2 Å². The number of rotatable bonds is 4. The van der Waals surface area contributed by atoms with Crippen molar-refractivity contribution in [2.24, 2.45) is 0 Å². The summed E-state index contributed by atoms with van der Waals surface area (Å²) in [4.78, 5) is 13.0. The molecule has 0 saturated heterocycles. The standard InChI is InChI=1S/C22H21ClN2O4/c1-13-10-17(14(2)25(13)15-4-6-16(27-3)7-5-15)22(26)24-19-12-21-20(11-18(19)23)28-8-9-29-21/h4-7,10-12H,8-9H2,1-3H3,(H,24,26). The lowest BCUT2D eigenvalue weighted by molar-refractivity contribution is 0.102. The highest BCUT2D eigenvalue weighted by molar-refractivity contribution is 6.34. The monoisotopic (exact) mass is 412 g/mol. The van der Waals surface area contributed by atoms with Crippen LogP contribution in [0.15, 0.2) is 42.5 Å². The van der Waals surface area contributed by atoms with Crippen molar-refractivity contribution in [3.05, 3.63) is 64.4 Å². The Kier molecular flexibility index (Phi) is 5.11. The van der Waals surface area contributed by atoms with Crippen LogP contribution in [0.4, 0.5) is 5.69 Å². The molecule has 3 aromatic rings. The summed E-state index contributed by atoms with van der Waals surface area (Å²) in [6.07, 6.45) is 0. The number of aromatic nitrogens is 1. The van der Waals surface area contributed by atoms with Crippen LogP contribution in [0.2, 0.25) is 5.02 Å². The Balaban J connectivity index is 1.63. The average Bonchev–Trinajstić information content (AvgIpc) is 3.03. The molecule has 1 aliphatic heterocycles. The minimum atomic E-state index is -0.239. The highest BCUT2D eigenvalue weighted by atomic mass is 35.5. The van der Waals surface area contributed by atoms with Crippen LogP contribution >= 0.6 is 11.6 Å². The Morgan fingerprint density at radius 2 is 1.72 bits per heavy atom. The van der Waals surface area contributed by atoms with E-state index in [9.17, 15) is 4.79 Å². The molecule has 0 saturated carbocycles. The summed E-state index contributed by atoms with van der Waals surface area (Å²) >= 11 is 6.33. The van der Waals surface area contributed by atoms with Crippen LogP contribution in [-0.2, 0) is 0 Å².